The van der Waals surface area contributed by atoms with Gasteiger partial charge in [0, 0.05) is 17.8 Å². The monoisotopic (exact) mass is 367 g/mol. The van der Waals surface area contributed by atoms with Gasteiger partial charge in [0.2, 0.25) is 5.91 Å². The van der Waals surface area contributed by atoms with Crippen molar-refractivity contribution in [2.75, 3.05) is 19.0 Å². The average molecular weight is 367 g/mol. The summed E-state index contributed by atoms with van der Waals surface area (Å²) in [5.74, 6) is 0.217. The van der Waals surface area contributed by atoms with Crippen LogP contribution in [0.4, 0.5) is 5.69 Å². The van der Waals surface area contributed by atoms with Crippen LogP contribution in [0.2, 0.25) is 0 Å². The summed E-state index contributed by atoms with van der Waals surface area (Å²) in [5, 5.41) is 2.92. The number of benzene rings is 2. The van der Waals surface area contributed by atoms with E-state index in [0.717, 1.165) is 30.5 Å². The molecule has 1 aliphatic heterocycles. The molecule has 0 spiro atoms. The van der Waals surface area contributed by atoms with Crippen LogP contribution in [0.1, 0.15) is 34.3 Å². The third-order valence-electron chi connectivity index (χ3n) is 4.93. The molecule has 6 nitrogen and oxygen atoms in total. The summed E-state index contributed by atoms with van der Waals surface area (Å²) in [6.45, 7) is 3.42. The van der Waals surface area contributed by atoms with E-state index in [9.17, 15) is 9.59 Å². The van der Waals surface area contributed by atoms with Crippen molar-refractivity contribution in [2.24, 2.45) is 5.73 Å². The fourth-order valence-corrected chi connectivity index (χ4v) is 3.48. The van der Waals surface area contributed by atoms with E-state index < -0.39 is 0 Å². The zero-order valence-corrected chi connectivity index (χ0v) is 15.7. The molecule has 6 heteroatoms. The fraction of sp³-hybridized carbons (Fsp3) is 0.333. The molecule has 3 N–H and O–H groups in total. The van der Waals surface area contributed by atoms with Gasteiger partial charge < -0.3 is 15.8 Å². The molecule has 0 radical (unpaired) electrons. The molecule has 1 fully saturated rings. The number of anilines is 1. The SMILES string of the molecule is COc1cc(C(=O)Nc2cccc(CN3CCC[C@@H]3C(N)=O)c2)ccc1C. The van der Waals surface area contributed by atoms with E-state index in [4.69, 9.17) is 10.5 Å². The normalized spacial score (nSPS) is 16.9. The zero-order valence-electron chi connectivity index (χ0n) is 15.7. The summed E-state index contributed by atoms with van der Waals surface area (Å²) >= 11 is 0. The van der Waals surface area contributed by atoms with Crippen molar-refractivity contribution < 1.29 is 14.3 Å². The second-order valence-electron chi connectivity index (χ2n) is 6.87. The number of hydrogen-bond acceptors (Lipinski definition) is 4. The summed E-state index contributed by atoms with van der Waals surface area (Å²) in [4.78, 5) is 26.2. The maximum absolute atomic E-state index is 12.6. The van der Waals surface area contributed by atoms with Crippen LogP contribution in [0.5, 0.6) is 5.75 Å². The summed E-state index contributed by atoms with van der Waals surface area (Å²) in [7, 11) is 1.59. The van der Waals surface area contributed by atoms with E-state index in [1.165, 1.54) is 0 Å². The molecule has 1 aliphatic rings. The first kappa shape index (κ1) is 18.9. The van der Waals surface area contributed by atoms with E-state index >= 15 is 0 Å². The third-order valence-corrected chi connectivity index (χ3v) is 4.93. The molecule has 1 saturated heterocycles. The molecule has 1 atom stereocenters. The van der Waals surface area contributed by atoms with Crippen molar-refractivity contribution >= 4 is 17.5 Å². The minimum absolute atomic E-state index is 0.193. The largest absolute Gasteiger partial charge is 0.496 e. The van der Waals surface area contributed by atoms with E-state index in [2.05, 4.69) is 10.2 Å². The van der Waals surface area contributed by atoms with Crippen LogP contribution in [0.15, 0.2) is 42.5 Å². The molecule has 0 aromatic heterocycles. The Morgan fingerprint density at radius 1 is 1.26 bits per heavy atom. The fourth-order valence-electron chi connectivity index (χ4n) is 3.48. The van der Waals surface area contributed by atoms with Crippen molar-refractivity contribution in [3.8, 4) is 5.75 Å². The second-order valence-corrected chi connectivity index (χ2v) is 6.87. The smallest absolute Gasteiger partial charge is 0.255 e. The molecular weight excluding hydrogens is 342 g/mol. The Morgan fingerprint density at radius 3 is 2.81 bits per heavy atom. The topological polar surface area (TPSA) is 84.7 Å². The van der Waals surface area contributed by atoms with Gasteiger partial charge in [-0.3, -0.25) is 14.5 Å². The maximum atomic E-state index is 12.6. The summed E-state index contributed by atoms with van der Waals surface area (Å²) in [6.07, 6.45) is 1.78. The Kier molecular flexibility index (Phi) is 5.76. The molecule has 2 amide bonds. The number of methoxy groups -OCH3 is 1. The van der Waals surface area contributed by atoms with Gasteiger partial charge in [-0.2, -0.15) is 0 Å². The van der Waals surface area contributed by atoms with Gasteiger partial charge in [0.15, 0.2) is 0 Å². The van der Waals surface area contributed by atoms with Crippen molar-refractivity contribution in [3.05, 3.63) is 59.2 Å². The van der Waals surface area contributed by atoms with Gasteiger partial charge in [0.1, 0.15) is 5.75 Å². The molecule has 0 unspecified atom stereocenters. The Morgan fingerprint density at radius 2 is 2.07 bits per heavy atom. The number of likely N-dealkylation sites (tertiary alicyclic amines) is 1. The highest BCUT2D eigenvalue weighted by Crippen LogP contribution is 2.22. The van der Waals surface area contributed by atoms with Crippen LogP contribution in [-0.4, -0.2) is 36.4 Å². The minimum Gasteiger partial charge on any atom is -0.496 e. The Labute approximate surface area is 159 Å². The highest BCUT2D eigenvalue weighted by atomic mass is 16.5. The van der Waals surface area contributed by atoms with Crippen molar-refractivity contribution in [3.63, 3.8) is 0 Å². The van der Waals surface area contributed by atoms with Crippen LogP contribution in [0, 0.1) is 6.92 Å². The van der Waals surface area contributed by atoms with E-state index in [1.807, 2.05) is 37.3 Å². The Hall–Kier alpha value is -2.86. The van der Waals surface area contributed by atoms with E-state index in [0.29, 0.717) is 23.5 Å². The average Bonchev–Trinajstić information content (AvgIpc) is 3.10. The highest BCUT2D eigenvalue weighted by molar-refractivity contribution is 6.04. The number of rotatable bonds is 6. The molecule has 0 saturated carbocycles. The number of nitrogens with two attached hydrogens (primary N) is 1. The lowest BCUT2D eigenvalue weighted by Crippen LogP contribution is -2.39. The molecule has 0 aliphatic carbocycles. The van der Waals surface area contributed by atoms with Gasteiger partial charge >= 0.3 is 0 Å². The van der Waals surface area contributed by atoms with Gasteiger partial charge in [-0.1, -0.05) is 18.2 Å². The first-order chi connectivity index (χ1) is 13.0. The van der Waals surface area contributed by atoms with Crippen molar-refractivity contribution in [1.82, 2.24) is 4.90 Å². The first-order valence-corrected chi connectivity index (χ1v) is 9.06. The number of nitrogens with one attached hydrogen (secondary N) is 1. The second kappa shape index (κ2) is 8.22. The molecule has 2 aromatic rings. The lowest BCUT2D eigenvalue weighted by molar-refractivity contribution is -0.122. The van der Waals surface area contributed by atoms with Crippen LogP contribution in [-0.2, 0) is 11.3 Å². The van der Waals surface area contributed by atoms with Gasteiger partial charge in [-0.25, -0.2) is 0 Å². The first-order valence-electron chi connectivity index (χ1n) is 9.06. The summed E-state index contributed by atoms with van der Waals surface area (Å²) < 4.78 is 5.29. The molecule has 0 bridgehead atoms. The number of amides is 2. The molecule has 3 rings (SSSR count). The van der Waals surface area contributed by atoms with Gasteiger partial charge in [-0.15, -0.1) is 0 Å². The number of primary amides is 1. The van der Waals surface area contributed by atoms with Gasteiger partial charge in [0.05, 0.1) is 13.2 Å². The number of aryl methyl sites for hydroxylation is 1. The number of ether oxygens (including phenoxy) is 1. The summed E-state index contributed by atoms with van der Waals surface area (Å²) in [5.41, 5.74) is 8.75. The quantitative estimate of drug-likeness (QED) is 0.822. The number of carbonyl (C=O) groups is 2. The maximum Gasteiger partial charge on any atom is 0.255 e. The van der Waals surface area contributed by atoms with Crippen LogP contribution < -0.4 is 15.8 Å². The highest BCUT2D eigenvalue weighted by Gasteiger charge is 2.28. The number of carbonyl (C=O) groups excluding carboxylic acids is 2. The molecular formula is C21H25N3O3. The lowest BCUT2D eigenvalue weighted by atomic mass is 10.1. The van der Waals surface area contributed by atoms with Gasteiger partial charge in [0.25, 0.3) is 5.91 Å². The lowest BCUT2D eigenvalue weighted by Gasteiger charge is -2.22. The minimum atomic E-state index is -0.273. The van der Waals surface area contributed by atoms with E-state index in [1.54, 1.807) is 19.2 Å². The van der Waals surface area contributed by atoms with Crippen LogP contribution >= 0.6 is 0 Å². The number of hydrogen-bond donors (Lipinski definition) is 2. The zero-order chi connectivity index (χ0) is 19.4. The summed E-state index contributed by atoms with van der Waals surface area (Å²) in [6, 6.07) is 12.8. The molecule has 27 heavy (non-hydrogen) atoms. The standard InChI is InChI=1S/C21H25N3O3/c1-14-8-9-16(12-19(14)27-2)21(26)23-17-6-3-5-15(11-17)13-24-10-4-7-18(24)20(22)25/h3,5-6,8-9,11-12,18H,4,7,10,13H2,1-2H3,(H2,22,25)(H,23,26)/t18-/m1/s1. The predicted molar refractivity (Wildman–Crippen MR) is 105 cm³/mol. The van der Waals surface area contributed by atoms with Crippen LogP contribution in [0.3, 0.4) is 0 Å². The third kappa shape index (κ3) is 4.46. The predicted octanol–water partition coefficient (Wildman–Crippen LogP) is 2.71. The van der Waals surface area contributed by atoms with Crippen molar-refractivity contribution in [2.45, 2.75) is 32.4 Å². The molecule has 1 heterocycles. The Bertz CT molecular complexity index is 850. The Balaban J connectivity index is 1.70. The van der Waals surface area contributed by atoms with Gasteiger partial charge in [-0.05, 0) is 61.7 Å². The molecule has 142 valence electrons. The number of nitrogens with zero attached hydrogens (tertiary/aromatic N) is 1. The van der Waals surface area contributed by atoms with Crippen LogP contribution in [0.25, 0.3) is 0 Å². The van der Waals surface area contributed by atoms with E-state index in [-0.39, 0.29) is 17.9 Å². The molecule has 2 aromatic carbocycles. The van der Waals surface area contributed by atoms with Crippen molar-refractivity contribution in [1.29, 1.82) is 0 Å².